The molecule has 1 heterocycles. The molecular formula is C27H22Cl2N2O6. The first kappa shape index (κ1) is 26.1. The molecule has 0 atom stereocenters. The first-order valence-corrected chi connectivity index (χ1v) is 12.0. The van der Waals surface area contributed by atoms with Crippen LogP contribution < -0.4 is 24.4 Å². The van der Waals surface area contributed by atoms with Crippen LogP contribution in [0.25, 0.3) is 6.08 Å². The number of halogens is 2. The maximum Gasteiger partial charge on any atom is 0.335 e. The van der Waals surface area contributed by atoms with Crippen molar-refractivity contribution in [1.29, 1.82) is 0 Å². The van der Waals surface area contributed by atoms with Crippen molar-refractivity contribution in [2.45, 2.75) is 13.5 Å². The molecular weight excluding hydrogens is 519 g/mol. The number of hydrogen-bond donors (Lipinski definition) is 1. The lowest BCUT2D eigenvalue weighted by molar-refractivity contribution is -0.122. The third-order valence-electron chi connectivity index (χ3n) is 5.38. The van der Waals surface area contributed by atoms with Gasteiger partial charge in [-0.05, 0) is 72.7 Å². The molecule has 37 heavy (non-hydrogen) atoms. The summed E-state index contributed by atoms with van der Waals surface area (Å²) in [7, 11) is 1.48. The number of amides is 4. The number of hydrogen-bond acceptors (Lipinski definition) is 6. The molecule has 3 aromatic carbocycles. The minimum Gasteiger partial charge on any atom is -0.494 e. The lowest BCUT2D eigenvalue weighted by Crippen LogP contribution is -2.54. The average Bonchev–Trinajstić information content (AvgIpc) is 2.88. The smallest absolute Gasteiger partial charge is 0.335 e. The fourth-order valence-corrected chi connectivity index (χ4v) is 3.92. The fourth-order valence-electron chi connectivity index (χ4n) is 3.60. The van der Waals surface area contributed by atoms with Crippen LogP contribution in [0.15, 0.2) is 66.2 Å². The van der Waals surface area contributed by atoms with E-state index in [0.29, 0.717) is 45.2 Å². The van der Waals surface area contributed by atoms with E-state index in [4.69, 9.17) is 37.4 Å². The normalized spacial score (nSPS) is 14.5. The van der Waals surface area contributed by atoms with Crippen molar-refractivity contribution >= 4 is 52.8 Å². The summed E-state index contributed by atoms with van der Waals surface area (Å²) < 4.78 is 16.7. The molecule has 0 saturated carbocycles. The minimum absolute atomic E-state index is 0.208. The summed E-state index contributed by atoms with van der Waals surface area (Å²) in [4.78, 5) is 39.0. The van der Waals surface area contributed by atoms with Crippen molar-refractivity contribution in [2.24, 2.45) is 0 Å². The van der Waals surface area contributed by atoms with Gasteiger partial charge in [-0.2, -0.15) is 0 Å². The van der Waals surface area contributed by atoms with Gasteiger partial charge in [0.05, 0.1) is 29.4 Å². The Kier molecular flexibility index (Phi) is 8.01. The van der Waals surface area contributed by atoms with Gasteiger partial charge in [0.2, 0.25) is 0 Å². The van der Waals surface area contributed by atoms with Gasteiger partial charge in [0.25, 0.3) is 11.8 Å². The van der Waals surface area contributed by atoms with Crippen LogP contribution in [-0.2, 0) is 16.2 Å². The van der Waals surface area contributed by atoms with Crippen LogP contribution in [0.3, 0.4) is 0 Å². The molecule has 0 bridgehead atoms. The minimum atomic E-state index is -0.833. The van der Waals surface area contributed by atoms with Crippen LogP contribution in [0.4, 0.5) is 10.5 Å². The summed E-state index contributed by atoms with van der Waals surface area (Å²) in [6.45, 7) is 2.54. The maximum absolute atomic E-state index is 13.2. The van der Waals surface area contributed by atoms with Gasteiger partial charge in [-0.1, -0.05) is 35.3 Å². The monoisotopic (exact) mass is 540 g/mol. The van der Waals surface area contributed by atoms with E-state index in [1.54, 1.807) is 60.7 Å². The van der Waals surface area contributed by atoms with E-state index in [1.165, 1.54) is 13.2 Å². The number of imide groups is 2. The van der Waals surface area contributed by atoms with Crippen molar-refractivity contribution in [1.82, 2.24) is 5.32 Å². The van der Waals surface area contributed by atoms with Gasteiger partial charge in [-0.3, -0.25) is 14.9 Å². The molecule has 10 heteroatoms. The van der Waals surface area contributed by atoms with E-state index in [1.807, 2.05) is 6.92 Å². The Balaban J connectivity index is 1.56. The molecule has 190 valence electrons. The van der Waals surface area contributed by atoms with Crippen molar-refractivity contribution in [3.05, 3.63) is 87.4 Å². The molecule has 0 spiro atoms. The number of rotatable bonds is 8. The van der Waals surface area contributed by atoms with Gasteiger partial charge < -0.3 is 14.2 Å². The molecule has 1 aliphatic rings. The van der Waals surface area contributed by atoms with Gasteiger partial charge in [-0.15, -0.1) is 0 Å². The Morgan fingerprint density at radius 3 is 2.32 bits per heavy atom. The highest BCUT2D eigenvalue weighted by Gasteiger charge is 2.36. The molecule has 0 unspecified atom stereocenters. The lowest BCUT2D eigenvalue weighted by atomic mass is 10.1. The van der Waals surface area contributed by atoms with E-state index < -0.39 is 17.8 Å². The fraction of sp³-hybridized carbons (Fsp3) is 0.148. The number of nitrogens with one attached hydrogen (secondary N) is 1. The second kappa shape index (κ2) is 11.4. The topological polar surface area (TPSA) is 94.2 Å². The van der Waals surface area contributed by atoms with Crippen LogP contribution in [0.2, 0.25) is 10.0 Å². The molecule has 1 saturated heterocycles. The molecule has 4 amide bonds. The molecule has 1 N–H and O–H groups in total. The summed E-state index contributed by atoms with van der Waals surface area (Å²) in [6, 6.07) is 15.7. The standard InChI is InChI=1S/C27H22Cl2N2O6/c1-3-36-19-8-6-18(7-9-19)31-26(33)20(25(32)30-27(31)34)12-16-5-11-23(24(14-16)35-2)37-15-17-4-10-21(28)22(29)13-17/h4-14H,3,15H2,1-2H3,(H,30,32,34)/b20-12+. The van der Waals surface area contributed by atoms with Crippen molar-refractivity contribution < 1.29 is 28.6 Å². The van der Waals surface area contributed by atoms with Crippen molar-refractivity contribution in [3.8, 4) is 17.2 Å². The van der Waals surface area contributed by atoms with Crippen LogP contribution in [0.5, 0.6) is 17.2 Å². The number of nitrogens with zero attached hydrogens (tertiary/aromatic N) is 1. The molecule has 4 rings (SSSR count). The highest BCUT2D eigenvalue weighted by Crippen LogP contribution is 2.31. The SMILES string of the molecule is CCOc1ccc(N2C(=O)NC(=O)/C(=C\c3ccc(OCc4ccc(Cl)c(Cl)c4)c(OC)c3)C2=O)cc1. The highest BCUT2D eigenvalue weighted by atomic mass is 35.5. The first-order chi connectivity index (χ1) is 17.8. The second-order valence-electron chi connectivity index (χ2n) is 7.83. The molecule has 3 aromatic rings. The molecule has 0 radical (unpaired) electrons. The first-order valence-electron chi connectivity index (χ1n) is 11.2. The summed E-state index contributed by atoms with van der Waals surface area (Å²) >= 11 is 12.0. The molecule has 0 aromatic heterocycles. The number of carbonyl (C=O) groups excluding carboxylic acids is 3. The van der Waals surface area contributed by atoms with E-state index in [2.05, 4.69) is 5.32 Å². The number of benzene rings is 3. The summed E-state index contributed by atoms with van der Waals surface area (Å²) in [5, 5.41) is 3.08. The van der Waals surface area contributed by atoms with Gasteiger partial charge in [-0.25, -0.2) is 9.69 Å². The quantitative estimate of drug-likeness (QED) is 0.293. The Hall–Kier alpha value is -4.01. The summed E-state index contributed by atoms with van der Waals surface area (Å²) in [5.74, 6) is -0.122. The lowest BCUT2D eigenvalue weighted by Gasteiger charge is -2.26. The molecule has 1 fully saturated rings. The van der Waals surface area contributed by atoms with E-state index >= 15 is 0 Å². The van der Waals surface area contributed by atoms with E-state index in [-0.39, 0.29) is 12.2 Å². The van der Waals surface area contributed by atoms with Crippen LogP contribution >= 0.6 is 23.2 Å². The second-order valence-corrected chi connectivity index (χ2v) is 8.65. The zero-order valence-electron chi connectivity index (χ0n) is 19.9. The average molecular weight is 541 g/mol. The zero-order valence-corrected chi connectivity index (χ0v) is 21.4. The summed E-state index contributed by atoms with van der Waals surface area (Å²) in [5.41, 5.74) is 1.40. The van der Waals surface area contributed by atoms with Gasteiger partial charge in [0, 0.05) is 0 Å². The van der Waals surface area contributed by atoms with Gasteiger partial charge in [0.15, 0.2) is 11.5 Å². The van der Waals surface area contributed by atoms with Gasteiger partial charge in [0.1, 0.15) is 17.9 Å². The number of ether oxygens (including phenoxy) is 3. The molecule has 1 aliphatic heterocycles. The summed E-state index contributed by atoms with van der Waals surface area (Å²) in [6.07, 6.45) is 1.39. The Morgan fingerprint density at radius 1 is 0.892 bits per heavy atom. The molecule has 0 aliphatic carbocycles. The predicted molar refractivity (Wildman–Crippen MR) is 140 cm³/mol. The van der Waals surface area contributed by atoms with E-state index in [0.717, 1.165) is 10.5 Å². The number of methoxy groups -OCH3 is 1. The van der Waals surface area contributed by atoms with Crippen LogP contribution in [0, 0.1) is 0 Å². The predicted octanol–water partition coefficient (Wildman–Crippen LogP) is 5.65. The number of carbonyl (C=O) groups is 3. The highest BCUT2D eigenvalue weighted by molar-refractivity contribution is 6.42. The number of barbiturate groups is 1. The largest absolute Gasteiger partial charge is 0.494 e. The third-order valence-corrected chi connectivity index (χ3v) is 6.12. The van der Waals surface area contributed by atoms with E-state index in [9.17, 15) is 14.4 Å². The number of anilines is 1. The van der Waals surface area contributed by atoms with Crippen molar-refractivity contribution in [2.75, 3.05) is 18.6 Å². The van der Waals surface area contributed by atoms with Crippen LogP contribution in [-0.4, -0.2) is 31.6 Å². The molecule has 8 nitrogen and oxygen atoms in total. The Bertz CT molecular complexity index is 1390. The maximum atomic E-state index is 13.2. The van der Waals surface area contributed by atoms with Crippen LogP contribution in [0.1, 0.15) is 18.1 Å². The zero-order chi connectivity index (χ0) is 26.5. The Labute approximate surface area is 223 Å². The number of urea groups is 1. The van der Waals surface area contributed by atoms with Gasteiger partial charge >= 0.3 is 6.03 Å². The Morgan fingerprint density at radius 2 is 1.65 bits per heavy atom. The van der Waals surface area contributed by atoms with Crippen molar-refractivity contribution in [3.63, 3.8) is 0 Å². The third kappa shape index (κ3) is 5.87.